The molecule has 1 atom stereocenters. The van der Waals surface area contributed by atoms with Crippen LogP contribution in [0.4, 0.5) is 0 Å². The molecular weight excluding hydrogens is 212 g/mol. The third kappa shape index (κ3) is 6.65. The second kappa shape index (κ2) is 5.84. The van der Waals surface area contributed by atoms with Gasteiger partial charge in [0.1, 0.15) is 5.54 Å². The molecule has 1 unspecified atom stereocenters. The summed E-state index contributed by atoms with van der Waals surface area (Å²) in [5.41, 5.74) is -0.395. The number of hydrogen-bond donors (Lipinski definition) is 1. The van der Waals surface area contributed by atoms with Crippen LogP contribution in [0, 0.1) is 11.3 Å². The van der Waals surface area contributed by atoms with Gasteiger partial charge in [0.2, 0.25) is 0 Å². The Bertz CT molecular complexity index is 273. The predicted octanol–water partition coefficient (Wildman–Crippen LogP) is 3.01. The Kier molecular flexibility index (Phi) is 4.97. The molecule has 0 aliphatic heterocycles. The largest absolute Gasteiger partial charge is 0.376 e. The fraction of sp³-hybridized carbons (Fsp3) is 0.929. The summed E-state index contributed by atoms with van der Waals surface area (Å²) in [7, 11) is 0. The van der Waals surface area contributed by atoms with Gasteiger partial charge in [-0.05, 0) is 59.8 Å². The first kappa shape index (κ1) is 14.5. The summed E-state index contributed by atoms with van der Waals surface area (Å²) in [6.07, 6.45) is 5.43. The molecule has 0 radical (unpaired) electrons. The standard InChI is InChI=1S/C14H26N2O/c1-13(2,3)17-10-6-5-9-14(4,11-15)16-12-7-8-12/h12,16H,5-10H2,1-4H3. The van der Waals surface area contributed by atoms with Crippen LogP contribution in [0.25, 0.3) is 0 Å². The van der Waals surface area contributed by atoms with Crippen molar-refractivity contribution in [1.29, 1.82) is 5.26 Å². The van der Waals surface area contributed by atoms with Crippen LogP contribution in [0.1, 0.15) is 59.8 Å². The van der Waals surface area contributed by atoms with E-state index >= 15 is 0 Å². The highest BCUT2D eigenvalue weighted by Crippen LogP contribution is 2.24. The maximum Gasteiger partial charge on any atom is 0.104 e. The third-order valence-electron chi connectivity index (χ3n) is 2.95. The quantitative estimate of drug-likeness (QED) is 0.693. The topological polar surface area (TPSA) is 45.0 Å². The van der Waals surface area contributed by atoms with Crippen molar-refractivity contribution in [2.45, 2.75) is 77.0 Å². The molecule has 1 aliphatic carbocycles. The van der Waals surface area contributed by atoms with E-state index in [4.69, 9.17) is 4.74 Å². The normalized spacial score (nSPS) is 19.7. The highest BCUT2D eigenvalue weighted by atomic mass is 16.5. The number of rotatable bonds is 7. The zero-order valence-corrected chi connectivity index (χ0v) is 11.7. The summed E-state index contributed by atoms with van der Waals surface area (Å²) in [5.74, 6) is 0. The van der Waals surface area contributed by atoms with Gasteiger partial charge < -0.3 is 4.74 Å². The van der Waals surface area contributed by atoms with E-state index in [2.05, 4.69) is 32.2 Å². The first-order valence-electron chi connectivity index (χ1n) is 6.68. The summed E-state index contributed by atoms with van der Waals surface area (Å²) in [4.78, 5) is 0. The lowest BCUT2D eigenvalue weighted by Gasteiger charge is -2.24. The Morgan fingerprint density at radius 1 is 1.24 bits per heavy atom. The third-order valence-corrected chi connectivity index (χ3v) is 2.95. The minimum absolute atomic E-state index is 0.0508. The minimum Gasteiger partial charge on any atom is -0.376 e. The van der Waals surface area contributed by atoms with E-state index in [1.165, 1.54) is 12.8 Å². The maximum atomic E-state index is 9.20. The van der Waals surface area contributed by atoms with Gasteiger partial charge in [0, 0.05) is 12.6 Å². The van der Waals surface area contributed by atoms with E-state index in [9.17, 15) is 5.26 Å². The van der Waals surface area contributed by atoms with Crippen molar-refractivity contribution in [3.05, 3.63) is 0 Å². The Hall–Kier alpha value is -0.590. The Morgan fingerprint density at radius 2 is 1.88 bits per heavy atom. The number of hydrogen-bond acceptors (Lipinski definition) is 3. The lowest BCUT2D eigenvalue weighted by molar-refractivity contribution is -0.00503. The molecule has 1 saturated carbocycles. The van der Waals surface area contributed by atoms with Crippen molar-refractivity contribution in [2.24, 2.45) is 0 Å². The highest BCUT2D eigenvalue weighted by Gasteiger charge is 2.31. The van der Waals surface area contributed by atoms with Crippen LogP contribution in [0.15, 0.2) is 0 Å². The fourth-order valence-electron chi connectivity index (χ4n) is 1.80. The minimum atomic E-state index is -0.344. The molecule has 0 amide bonds. The monoisotopic (exact) mass is 238 g/mol. The number of ether oxygens (including phenoxy) is 1. The Balaban J connectivity index is 2.13. The van der Waals surface area contributed by atoms with Gasteiger partial charge in [0.25, 0.3) is 0 Å². The van der Waals surface area contributed by atoms with Crippen molar-refractivity contribution < 1.29 is 4.74 Å². The van der Waals surface area contributed by atoms with E-state index < -0.39 is 0 Å². The van der Waals surface area contributed by atoms with Crippen LogP contribution in [-0.2, 0) is 4.74 Å². The lowest BCUT2D eigenvalue weighted by atomic mass is 9.96. The molecule has 98 valence electrons. The van der Waals surface area contributed by atoms with E-state index in [0.717, 1.165) is 25.9 Å². The van der Waals surface area contributed by atoms with E-state index in [-0.39, 0.29) is 11.1 Å². The molecule has 1 fully saturated rings. The number of nitrogens with one attached hydrogen (secondary N) is 1. The van der Waals surface area contributed by atoms with Crippen molar-refractivity contribution in [2.75, 3.05) is 6.61 Å². The van der Waals surface area contributed by atoms with Crippen molar-refractivity contribution in [3.63, 3.8) is 0 Å². The smallest absolute Gasteiger partial charge is 0.104 e. The molecule has 17 heavy (non-hydrogen) atoms. The van der Waals surface area contributed by atoms with Crippen LogP contribution < -0.4 is 5.32 Å². The first-order valence-corrected chi connectivity index (χ1v) is 6.68. The van der Waals surface area contributed by atoms with Crippen LogP contribution in [0.3, 0.4) is 0 Å². The zero-order chi connectivity index (χ0) is 12.9. The van der Waals surface area contributed by atoms with Crippen LogP contribution in [0.2, 0.25) is 0 Å². The van der Waals surface area contributed by atoms with Gasteiger partial charge in [0.05, 0.1) is 11.7 Å². The fourth-order valence-corrected chi connectivity index (χ4v) is 1.80. The van der Waals surface area contributed by atoms with Crippen molar-refractivity contribution in [3.8, 4) is 6.07 Å². The summed E-state index contributed by atoms with van der Waals surface area (Å²) < 4.78 is 5.67. The zero-order valence-electron chi connectivity index (χ0n) is 11.7. The highest BCUT2D eigenvalue weighted by molar-refractivity contribution is 5.06. The van der Waals surface area contributed by atoms with Gasteiger partial charge in [-0.3, -0.25) is 5.32 Å². The molecule has 1 aliphatic rings. The average Bonchev–Trinajstić information content (AvgIpc) is 2.99. The van der Waals surface area contributed by atoms with E-state index in [1.54, 1.807) is 0 Å². The lowest BCUT2D eigenvalue weighted by Crippen LogP contribution is -2.42. The SMILES string of the molecule is CC(C#N)(CCCCOC(C)(C)C)NC1CC1. The summed E-state index contributed by atoms with van der Waals surface area (Å²) in [6, 6.07) is 2.99. The molecule has 0 aromatic heterocycles. The molecule has 3 heteroatoms. The van der Waals surface area contributed by atoms with Gasteiger partial charge >= 0.3 is 0 Å². The van der Waals surface area contributed by atoms with Gasteiger partial charge in [-0.1, -0.05) is 0 Å². The predicted molar refractivity (Wildman–Crippen MR) is 69.7 cm³/mol. The van der Waals surface area contributed by atoms with E-state index in [0.29, 0.717) is 6.04 Å². The number of unbranched alkanes of at least 4 members (excludes halogenated alkanes) is 1. The van der Waals surface area contributed by atoms with Crippen LogP contribution in [-0.4, -0.2) is 23.8 Å². The van der Waals surface area contributed by atoms with Crippen molar-refractivity contribution >= 4 is 0 Å². The first-order chi connectivity index (χ1) is 7.85. The molecule has 0 bridgehead atoms. The second-order valence-electron chi connectivity index (χ2n) is 6.28. The molecule has 0 saturated heterocycles. The molecule has 0 heterocycles. The average molecular weight is 238 g/mol. The van der Waals surface area contributed by atoms with Crippen LogP contribution in [0.5, 0.6) is 0 Å². The molecular formula is C14H26N2O. The number of nitriles is 1. The molecule has 0 aromatic carbocycles. The van der Waals surface area contributed by atoms with Gasteiger partial charge in [0.15, 0.2) is 0 Å². The van der Waals surface area contributed by atoms with Gasteiger partial charge in [-0.25, -0.2) is 0 Å². The molecule has 3 nitrogen and oxygen atoms in total. The summed E-state index contributed by atoms with van der Waals surface area (Å²) in [5, 5.41) is 12.6. The molecule has 1 N–H and O–H groups in total. The molecule has 1 rings (SSSR count). The Morgan fingerprint density at radius 3 is 2.35 bits per heavy atom. The van der Waals surface area contributed by atoms with Gasteiger partial charge in [-0.15, -0.1) is 0 Å². The Labute approximate surface area is 106 Å². The summed E-state index contributed by atoms with van der Waals surface area (Å²) >= 11 is 0. The maximum absolute atomic E-state index is 9.20. The van der Waals surface area contributed by atoms with Crippen molar-refractivity contribution in [1.82, 2.24) is 5.32 Å². The number of nitrogens with zero attached hydrogens (tertiary/aromatic N) is 1. The van der Waals surface area contributed by atoms with E-state index in [1.807, 2.05) is 6.92 Å². The van der Waals surface area contributed by atoms with Gasteiger partial charge in [-0.2, -0.15) is 5.26 Å². The molecule has 0 spiro atoms. The summed E-state index contributed by atoms with van der Waals surface area (Å²) in [6.45, 7) is 9.01. The molecule has 0 aromatic rings. The second-order valence-corrected chi connectivity index (χ2v) is 6.28. The van der Waals surface area contributed by atoms with Crippen LogP contribution >= 0.6 is 0 Å².